The highest BCUT2D eigenvalue weighted by Crippen LogP contribution is 2.25. The molecule has 4 nitrogen and oxygen atoms in total. The van der Waals surface area contributed by atoms with Crippen molar-refractivity contribution >= 4 is 11.8 Å². The molecule has 0 bridgehead atoms. The van der Waals surface area contributed by atoms with Crippen LogP contribution in [0.1, 0.15) is 34.0 Å². The maximum absolute atomic E-state index is 11.7. The fraction of sp³-hybridized carbons (Fsp3) is 0.222. The minimum Gasteiger partial charge on any atom is -0.489 e. The first-order chi connectivity index (χ1) is 10.5. The molecular formula is C18H18O4. The Morgan fingerprint density at radius 2 is 1.82 bits per heavy atom. The van der Waals surface area contributed by atoms with E-state index in [9.17, 15) is 9.59 Å². The summed E-state index contributed by atoms with van der Waals surface area (Å²) in [6, 6.07) is 13.1. The van der Waals surface area contributed by atoms with Gasteiger partial charge in [-0.2, -0.15) is 0 Å². The van der Waals surface area contributed by atoms with E-state index in [0.29, 0.717) is 23.5 Å². The third-order valence-corrected chi connectivity index (χ3v) is 3.36. The first kappa shape index (κ1) is 15.8. The highest BCUT2D eigenvalue weighted by atomic mass is 16.5. The highest BCUT2D eigenvalue weighted by Gasteiger charge is 2.14. The van der Waals surface area contributed by atoms with E-state index in [1.165, 1.54) is 6.92 Å². The molecule has 0 unspecified atom stereocenters. The minimum absolute atomic E-state index is 0.144. The average molecular weight is 298 g/mol. The number of carbonyl (C=O) groups is 2. The predicted octanol–water partition coefficient (Wildman–Crippen LogP) is 3.40. The first-order valence-corrected chi connectivity index (χ1v) is 7.00. The Morgan fingerprint density at radius 3 is 2.41 bits per heavy atom. The topological polar surface area (TPSA) is 63.6 Å². The summed E-state index contributed by atoms with van der Waals surface area (Å²) < 4.78 is 5.78. The highest BCUT2D eigenvalue weighted by molar-refractivity contribution is 5.97. The van der Waals surface area contributed by atoms with Gasteiger partial charge in [-0.15, -0.1) is 0 Å². The number of Topliss-reactive ketones (excluding diaryl/α,β-unsaturated/α-hetero) is 1. The molecule has 4 heteroatoms. The van der Waals surface area contributed by atoms with Gasteiger partial charge in [0.05, 0.1) is 6.42 Å². The van der Waals surface area contributed by atoms with Crippen LogP contribution in [0.3, 0.4) is 0 Å². The summed E-state index contributed by atoms with van der Waals surface area (Å²) in [6.07, 6.45) is -0.198. The van der Waals surface area contributed by atoms with Crippen LogP contribution >= 0.6 is 0 Å². The molecule has 0 aliphatic heterocycles. The minimum atomic E-state index is -0.972. The fourth-order valence-corrected chi connectivity index (χ4v) is 2.26. The first-order valence-electron chi connectivity index (χ1n) is 7.00. The summed E-state index contributed by atoms with van der Waals surface area (Å²) in [5.41, 5.74) is 2.76. The number of aryl methyl sites for hydroxylation is 1. The van der Waals surface area contributed by atoms with E-state index in [2.05, 4.69) is 0 Å². The van der Waals surface area contributed by atoms with Crippen molar-refractivity contribution in [3.63, 3.8) is 0 Å². The smallest absolute Gasteiger partial charge is 0.307 e. The Hall–Kier alpha value is -2.62. The van der Waals surface area contributed by atoms with Gasteiger partial charge in [0.1, 0.15) is 12.4 Å². The number of hydrogen-bond acceptors (Lipinski definition) is 3. The summed E-state index contributed by atoms with van der Waals surface area (Å²) in [6.45, 7) is 3.68. The lowest BCUT2D eigenvalue weighted by molar-refractivity contribution is -0.136. The Bertz CT molecular complexity index is 690. The second-order valence-corrected chi connectivity index (χ2v) is 5.18. The zero-order chi connectivity index (χ0) is 16.1. The van der Waals surface area contributed by atoms with E-state index in [0.717, 1.165) is 11.1 Å². The lowest BCUT2D eigenvalue weighted by Crippen LogP contribution is -2.08. The van der Waals surface area contributed by atoms with Crippen LogP contribution in [-0.2, 0) is 17.8 Å². The van der Waals surface area contributed by atoms with Crippen molar-refractivity contribution in [2.45, 2.75) is 26.9 Å². The standard InChI is InChI=1S/C18H18O4/c1-12-8-16(13(2)19)15(10-18(20)21)9-17(12)22-11-14-6-4-3-5-7-14/h3-9H,10-11H2,1-2H3,(H,20,21). The van der Waals surface area contributed by atoms with Gasteiger partial charge in [0.2, 0.25) is 0 Å². The molecule has 2 aromatic rings. The van der Waals surface area contributed by atoms with Crippen molar-refractivity contribution in [2.24, 2.45) is 0 Å². The third-order valence-electron chi connectivity index (χ3n) is 3.36. The van der Waals surface area contributed by atoms with Crippen molar-refractivity contribution in [1.82, 2.24) is 0 Å². The van der Waals surface area contributed by atoms with Crippen LogP contribution in [0.4, 0.5) is 0 Å². The van der Waals surface area contributed by atoms with Gasteiger partial charge < -0.3 is 9.84 Å². The molecule has 0 atom stereocenters. The second-order valence-electron chi connectivity index (χ2n) is 5.18. The number of rotatable bonds is 6. The number of aliphatic carboxylic acids is 1. The number of hydrogen-bond donors (Lipinski definition) is 1. The Kier molecular flexibility index (Phi) is 4.94. The number of ketones is 1. The van der Waals surface area contributed by atoms with Crippen LogP contribution < -0.4 is 4.74 Å². The number of carboxylic acid groups (broad SMARTS) is 1. The number of carboxylic acids is 1. The molecule has 0 saturated carbocycles. The lowest BCUT2D eigenvalue weighted by Gasteiger charge is -2.13. The quantitative estimate of drug-likeness (QED) is 0.830. The van der Waals surface area contributed by atoms with Gasteiger partial charge in [-0.05, 0) is 42.7 Å². The fourth-order valence-electron chi connectivity index (χ4n) is 2.26. The maximum atomic E-state index is 11.7. The van der Waals surface area contributed by atoms with Crippen molar-refractivity contribution in [2.75, 3.05) is 0 Å². The zero-order valence-corrected chi connectivity index (χ0v) is 12.6. The molecule has 0 amide bonds. The zero-order valence-electron chi connectivity index (χ0n) is 12.6. The van der Waals surface area contributed by atoms with E-state index in [1.807, 2.05) is 37.3 Å². The average Bonchev–Trinajstić information content (AvgIpc) is 2.47. The second kappa shape index (κ2) is 6.89. The van der Waals surface area contributed by atoms with Crippen LogP contribution in [0.15, 0.2) is 42.5 Å². The summed E-state index contributed by atoms with van der Waals surface area (Å²) in [5, 5.41) is 8.99. The van der Waals surface area contributed by atoms with Crippen LogP contribution in [0.2, 0.25) is 0 Å². The molecule has 0 aliphatic carbocycles. The Balaban J connectivity index is 2.27. The molecule has 0 aromatic heterocycles. The van der Waals surface area contributed by atoms with Gasteiger partial charge in [-0.25, -0.2) is 0 Å². The van der Waals surface area contributed by atoms with Crippen molar-refractivity contribution < 1.29 is 19.4 Å². The molecule has 0 spiro atoms. The third kappa shape index (κ3) is 3.95. The van der Waals surface area contributed by atoms with E-state index in [4.69, 9.17) is 9.84 Å². The van der Waals surface area contributed by atoms with Crippen molar-refractivity contribution in [3.05, 3.63) is 64.7 Å². The summed E-state index contributed by atoms with van der Waals surface area (Å²) in [5.74, 6) is -0.514. The van der Waals surface area contributed by atoms with E-state index in [1.54, 1.807) is 12.1 Å². The van der Waals surface area contributed by atoms with Gasteiger partial charge in [0, 0.05) is 5.56 Å². The van der Waals surface area contributed by atoms with Crippen LogP contribution in [0.25, 0.3) is 0 Å². The number of ether oxygens (including phenoxy) is 1. The van der Waals surface area contributed by atoms with Gasteiger partial charge >= 0.3 is 5.97 Å². The molecular weight excluding hydrogens is 280 g/mol. The molecule has 0 saturated heterocycles. The molecule has 0 heterocycles. The van der Waals surface area contributed by atoms with E-state index < -0.39 is 5.97 Å². The van der Waals surface area contributed by atoms with Crippen LogP contribution in [0.5, 0.6) is 5.75 Å². The van der Waals surface area contributed by atoms with Gasteiger partial charge in [-0.1, -0.05) is 30.3 Å². The van der Waals surface area contributed by atoms with Crippen LogP contribution in [0, 0.1) is 6.92 Å². The lowest BCUT2D eigenvalue weighted by atomic mass is 9.98. The van der Waals surface area contributed by atoms with Gasteiger partial charge in [-0.3, -0.25) is 9.59 Å². The monoisotopic (exact) mass is 298 g/mol. The summed E-state index contributed by atoms with van der Waals surface area (Å²) in [4.78, 5) is 22.6. The molecule has 22 heavy (non-hydrogen) atoms. The van der Waals surface area contributed by atoms with E-state index >= 15 is 0 Å². The number of carbonyl (C=O) groups excluding carboxylic acids is 1. The van der Waals surface area contributed by atoms with Crippen molar-refractivity contribution in [1.29, 1.82) is 0 Å². The van der Waals surface area contributed by atoms with Crippen LogP contribution in [-0.4, -0.2) is 16.9 Å². The molecule has 2 rings (SSSR count). The molecule has 0 radical (unpaired) electrons. The largest absolute Gasteiger partial charge is 0.489 e. The number of benzene rings is 2. The SMILES string of the molecule is CC(=O)c1cc(C)c(OCc2ccccc2)cc1CC(=O)O. The normalized spacial score (nSPS) is 10.3. The molecule has 0 fully saturated rings. The van der Waals surface area contributed by atoms with Crippen molar-refractivity contribution in [3.8, 4) is 5.75 Å². The van der Waals surface area contributed by atoms with E-state index in [-0.39, 0.29) is 12.2 Å². The molecule has 2 aromatic carbocycles. The summed E-state index contributed by atoms with van der Waals surface area (Å²) in [7, 11) is 0. The molecule has 0 aliphatic rings. The Labute approximate surface area is 129 Å². The van der Waals surface area contributed by atoms with Gasteiger partial charge in [0.15, 0.2) is 5.78 Å². The Morgan fingerprint density at radius 1 is 1.14 bits per heavy atom. The summed E-state index contributed by atoms with van der Waals surface area (Å²) >= 11 is 0. The molecule has 1 N–H and O–H groups in total. The maximum Gasteiger partial charge on any atom is 0.307 e. The van der Waals surface area contributed by atoms with Gasteiger partial charge in [0.25, 0.3) is 0 Å². The predicted molar refractivity (Wildman–Crippen MR) is 83.3 cm³/mol. The molecule has 114 valence electrons.